The van der Waals surface area contributed by atoms with Crippen LogP contribution in [0.25, 0.3) is 0 Å². The van der Waals surface area contributed by atoms with E-state index in [1.54, 1.807) is 10.9 Å². The number of nitrogens with zero attached hydrogens (tertiary/aromatic N) is 3. The third-order valence-corrected chi connectivity index (χ3v) is 2.89. The average molecular weight is 225 g/mol. The van der Waals surface area contributed by atoms with E-state index >= 15 is 0 Å². The van der Waals surface area contributed by atoms with Gasteiger partial charge in [-0.05, 0) is 25.3 Å². The summed E-state index contributed by atoms with van der Waals surface area (Å²) in [6.45, 7) is 2.08. The molecular formula is C14H15N3. The van der Waals surface area contributed by atoms with Crippen molar-refractivity contribution < 1.29 is 0 Å². The van der Waals surface area contributed by atoms with E-state index in [1.807, 2.05) is 7.05 Å². The van der Waals surface area contributed by atoms with Gasteiger partial charge in [0.15, 0.2) is 0 Å². The number of nitriles is 1. The van der Waals surface area contributed by atoms with Crippen LogP contribution in [-0.4, -0.2) is 9.55 Å². The van der Waals surface area contributed by atoms with Gasteiger partial charge in [0.05, 0.1) is 12.0 Å². The van der Waals surface area contributed by atoms with E-state index in [0.29, 0.717) is 5.69 Å². The van der Waals surface area contributed by atoms with Crippen LogP contribution in [0.15, 0.2) is 30.6 Å². The number of benzene rings is 1. The second-order valence-electron chi connectivity index (χ2n) is 4.25. The van der Waals surface area contributed by atoms with Gasteiger partial charge in [0.25, 0.3) is 0 Å². The first-order valence-electron chi connectivity index (χ1n) is 5.66. The Kier molecular flexibility index (Phi) is 3.24. The van der Waals surface area contributed by atoms with Crippen molar-refractivity contribution in [1.29, 1.82) is 5.26 Å². The summed E-state index contributed by atoms with van der Waals surface area (Å²) >= 11 is 0. The summed E-state index contributed by atoms with van der Waals surface area (Å²) in [6.07, 6.45) is 3.43. The predicted octanol–water partition coefficient (Wildman–Crippen LogP) is 2.39. The van der Waals surface area contributed by atoms with Crippen molar-refractivity contribution >= 4 is 0 Å². The van der Waals surface area contributed by atoms with Crippen molar-refractivity contribution in [3.8, 4) is 6.07 Å². The standard InChI is InChI=1S/C14H15N3/c1-11-3-5-12(6-4-11)7-8-13-14(9-15)17(2)10-16-13/h3-6,10H,7-8H2,1-2H3. The number of rotatable bonds is 3. The van der Waals surface area contributed by atoms with E-state index in [1.165, 1.54) is 11.1 Å². The van der Waals surface area contributed by atoms with Crippen LogP contribution in [0.2, 0.25) is 0 Å². The van der Waals surface area contributed by atoms with Crippen LogP contribution >= 0.6 is 0 Å². The number of aromatic nitrogens is 2. The monoisotopic (exact) mass is 225 g/mol. The van der Waals surface area contributed by atoms with E-state index in [0.717, 1.165) is 18.5 Å². The van der Waals surface area contributed by atoms with Gasteiger partial charge in [-0.2, -0.15) is 5.26 Å². The third-order valence-electron chi connectivity index (χ3n) is 2.89. The molecule has 1 aromatic carbocycles. The minimum absolute atomic E-state index is 0.664. The van der Waals surface area contributed by atoms with Gasteiger partial charge in [0.2, 0.25) is 0 Å². The molecule has 0 aliphatic rings. The van der Waals surface area contributed by atoms with Gasteiger partial charge >= 0.3 is 0 Å². The molecule has 0 fully saturated rings. The van der Waals surface area contributed by atoms with Crippen LogP contribution in [0.5, 0.6) is 0 Å². The van der Waals surface area contributed by atoms with Gasteiger partial charge in [-0.3, -0.25) is 0 Å². The SMILES string of the molecule is Cc1ccc(CCc2ncn(C)c2C#N)cc1. The Morgan fingerprint density at radius 2 is 1.94 bits per heavy atom. The molecule has 17 heavy (non-hydrogen) atoms. The zero-order valence-corrected chi connectivity index (χ0v) is 10.1. The van der Waals surface area contributed by atoms with E-state index in [-0.39, 0.29) is 0 Å². The Morgan fingerprint density at radius 1 is 1.24 bits per heavy atom. The minimum Gasteiger partial charge on any atom is -0.325 e. The Balaban J connectivity index is 2.08. The van der Waals surface area contributed by atoms with Crippen molar-refractivity contribution in [2.75, 3.05) is 0 Å². The lowest BCUT2D eigenvalue weighted by atomic mass is 10.1. The molecule has 0 aliphatic carbocycles. The predicted molar refractivity (Wildman–Crippen MR) is 66.5 cm³/mol. The second-order valence-corrected chi connectivity index (χ2v) is 4.25. The molecule has 1 aromatic heterocycles. The first-order chi connectivity index (χ1) is 8.20. The minimum atomic E-state index is 0.664. The lowest BCUT2D eigenvalue weighted by Gasteiger charge is -2.01. The highest BCUT2D eigenvalue weighted by Gasteiger charge is 2.07. The van der Waals surface area contributed by atoms with Crippen LogP contribution in [-0.2, 0) is 19.9 Å². The molecular weight excluding hydrogens is 210 g/mol. The van der Waals surface area contributed by atoms with Crippen LogP contribution in [0.3, 0.4) is 0 Å². The Labute approximate surface area is 101 Å². The molecule has 86 valence electrons. The molecule has 0 radical (unpaired) electrons. The lowest BCUT2D eigenvalue weighted by molar-refractivity contribution is 0.883. The molecule has 0 amide bonds. The first-order valence-corrected chi connectivity index (χ1v) is 5.66. The summed E-state index contributed by atoms with van der Waals surface area (Å²) in [5.41, 5.74) is 4.10. The van der Waals surface area contributed by atoms with Gasteiger partial charge in [-0.25, -0.2) is 4.98 Å². The summed E-state index contributed by atoms with van der Waals surface area (Å²) < 4.78 is 1.77. The highest BCUT2D eigenvalue weighted by molar-refractivity contribution is 5.28. The smallest absolute Gasteiger partial charge is 0.142 e. The summed E-state index contributed by atoms with van der Waals surface area (Å²) in [4.78, 5) is 4.26. The number of aryl methyl sites for hydroxylation is 4. The molecule has 0 unspecified atom stereocenters. The Morgan fingerprint density at radius 3 is 2.59 bits per heavy atom. The van der Waals surface area contributed by atoms with Crippen LogP contribution in [0, 0.1) is 18.3 Å². The molecule has 1 heterocycles. The van der Waals surface area contributed by atoms with Gasteiger partial charge in [-0.15, -0.1) is 0 Å². The largest absolute Gasteiger partial charge is 0.325 e. The van der Waals surface area contributed by atoms with Crippen LogP contribution < -0.4 is 0 Å². The molecule has 0 N–H and O–H groups in total. The fourth-order valence-corrected chi connectivity index (χ4v) is 1.82. The molecule has 3 heteroatoms. The number of imidazole rings is 1. The summed E-state index contributed by atoms with van der Waals surface area (Å²) in [7, 11) is 1.85. The molecule has 0 aliphatic heterocycles. The number of hydrogen-bond donors (Lipinski definition) is 0. The molecule has 0 saturated heterocycles. The molecule has 0 atom stereocenters. The van der Waals surface area contributed by atoms with Crippen molar-refractivity contribution in [2.45, 2.75) is 19.8 Å². The van der Waals surface area contributed by atoms with E-state index in [4.69, 9.17) is 5.26 Å². The molecule has 0 bridgehead atoms. The maximum absolute atomic E-state index is 9.01. The van der Waals surface area contributed by atoms with Crippen molar-refractivity contribution in [1.82, 2.24) is 9.55 Å². The van der Waals surface area contributed by atoms with Gasteiger partial charge in [0, 0.05) is 7.05 Å². The van der Waals surface area contributed by atoms with Crippen LogP contribution in [0.4, 0.5) is 0 Å². The van der Waals surface area contributed by atoms with E-state index in [9.17, 15) is 0 Å². The van der Waals surface area contributed by atoms with E-state index in [2.05, 4.69) is 42.2 Å². The maximum atomic E-state index is 9.01. The summed E-state index contributed by atoms with van der Waals surface area (Å²) in [5.74, 6) is 0. The van der Waals surface area contributed by atoms with E-state index < -0.39 is 0 Å². The average Bonchev–Trinajstić information content (AvgIpc) is 2.69. The quantitative estimate of drug-likeness (QED) is 0.804. The highest BCUT2D eigenvalue weighted by atomic mass is 15.0. The third kappa shape index (κ3) is 2.54. The lowest BCUT2D eigenvalue weighted by Crippen LogP contribution is -1.97. The molecule has 2 aromatic rings. The fraction of sp³-hybridized carbons (Fsp3) is 0.286. The van der Waals surface area contributed by atoms with Crippen molar-refractivity contribution in [3.63, 3.8) is 0 Å². The number of hydrogen-bond acceptors (Lipinski definition) is 2. The second kappa shape index (κ2) is 4.84. The van der Waals surface area contributed by atoms with Crippen LogP contribution in [0.1, 0.15) is 22.5 Å². The molecule has 2 rings (SSSR count). The normalized spacial score (nSPS) is 10.2. The Hall–Kier alpha value is -2.08. The summed E-state index contributed by atoms with van der Waals surface area (Å²) in [5, 5.41) is 9.01. The van der Waals surface area contributed by atoms with Gasteiger partial charge in [-0.1, -0.05) is 29.8 Å². The van der Waals surface area contributed by atoms with Gasteiger partial charge < -0.3 is 4.57 Å². The first kappa shape index (κ1) is 11.4. The Bertz CT molecular complexity index is 544. The van der Waals surface area contributed by atoms with Crippen molar-refractivity contribution in [2.24, 2.45) is 7.05 Å². The zero-order valence-electron chi connectivity index (χ0n) is 10.1. The molecule has 0 saturated carbocycles. The van der Waals surface area contributed by atoms with Crippen molar-refractivity contribution in [3.05, 3.63) is 53.1 Å². The highest BCUT2D eigenvalue weighted by Crippen LogP contribution is 2.10. The molecule has 3 nitrogen and oxygen atoms in total. The van der Waals surface area contributed by atoms with Gasteiger partial charge in [0.1, 0.15) is 11.8 Å². The maximum Gasteiger partial charge on any atom is 0.142 e. The fourth-order valence-electron chi connectivity index (χ4n) is 1.82. The molecule has 0 spiro atoms. The zero-order chi connectivity index (χ0) is 12.3. The topological polar surface area (TPSA) is 41.6 Å². The summed E-state index contributed by atoms with van der Waals surface area (Å²) in [6, 6.07) is 10.7.